The van der Waals surface area contributed by atoms with Crippen LogP contribution < -0.4 is 4.90 Å². The van der Waals surface area contributed by atoms with E-state index in [2.05, 4.69) is 34.1 Å². The zero-order valence-corrected chi connectivity index (χ0v) is 19.3. The highest BCUT2D eigenvalue weighted by atomic mass is 35.5. The van der Waals surface area contributed by atoms with Gasteiger partial charge in [-0.15, -0.1) is 0 Å². The van der Waals surface area contributed by atoms with Crippen LogP contribution in [-0.4, -0.2) is 65.6 Å². The molecule has 30 heavy (non-hydrogen) atoms. The second kappa shape index (κ2) is 9.69. The van der Waals surface area contributed by atoms with Gasteiger partial charge < -0.3 is 9.80 Å². The molecule has 0 aliphatic carbocycles. The maximum atomic E-state index is 12.2. The van der Waals surface area contributed by atoms with Gasteiger partial charge in [-0.1, -0.05) is 43.5 Å². The minimum absolute atomic E-state index is 0.146. The van der Waals surface area contributed by atoms with E-state index in [1.807, 2.05) is 24.1 Å². The van der Waals surface area contributed by atoms with E-state index in [0.717, 1.165) is 43.1 Å². The first kappa shape index (κ1) is 22.4. The van der Waals surface area contributed by atoms with Crippen LogP contribution in [0.3, 0.4) is 0 Å². The summed E-state index contributed by atoms with van der Waals surface area (Å²) >= 11 is 8.22. The summed E-state index contributed by atoms with van der Waals surface area (Å²) in [6.07, 6.45) is 1.77. The van der Waals surface area contributed by atoms with Gasteiger partial charge in [-0.2, -0.15) is 5.26 Å². The Morgan fingerprint density at radius 3 is 2.47 bits per heavy atom. The average molecular weight is 444 g/mol. The van der Waals surface area contributed by atoms with E-state index in [0.29, 0.717) is 21.4 Å². The van der Waals surface area contributed by atoms with Gasteiger partial charge in [0.25, 0.3) is 5.91 Å². The number of hydrogen-bond donors (Lipinski definition) is 0. The van der Waals surface area contributed by atoms with Gasteiger partial charge in [0.15, 0.2) is 0 Å². The Kier molecular flexibility index (Phi) is 7.24. The molecule has 6 nitrogen and oxygen atoms in total. The van der Waals surface area contributed by atoms with Crippen molar-refractivity contribution in [3.63, 3.8) is 0 Å². The fraction of sp³-hybridized carbons (Fsp3) is 0.409. The molecule has 2 heterocycles. The molecule has 1 aromatic heterocycles. The lowest BCUT2D eigenvalue weighted by Crippen LogP contribution is -2.44. The fourth-order valence-electron chi connectivity index (χ4n) is 3.36. The zero-order valence-electron chi connectivity index (χ0n) is 17.7. The predicted molar refractivity (Wildman–Crippen MR) is 124 cm³/mol. The van der Waals surface area contributed by atoms with Crippen LogP contribution >= 0.6 is 23.5 Å². The molecule has 8 heteroatoms. The number of aromatic nitrogens is 1. The molecule has 0 N–H and O–H groups in total. The van der Waals surface area contributed by atoms with E-state index < -0.39 is 0 Å². The van der Waals surface area contributed by atoms with Crippen molar-refractivity contribution in [1.82, 2.24) is 14.2 Å². The molecule has 1 fully saturated rings. The highest BCUT2D eigenvalue weighted by Gasteiger charge is 2.22. The summed E-state index contributed by atoms with van der Waals surface area (Å²) in [5.41, 5.74) is 2.62. The first-order chi connectivity index (χ1) is 14.3. The van der Waals surface area contributed by atoms with Gasteiger partial charge in [-0.25, -0.2) is 9.29 Å². The van der Waals surface area contributed by atoms with Crippen LogP contribution in [0, 0.1) is 11.3 Å². The minimum atomic E-state index is -0.146. The molecule has 0 unspecified atom stereocenters. The topological polar surface area (TPSA) is 63.5 Å². The third-order valence-electron chi connectivity index (χ3n) is 4.82. The second-order valence-corrected chi connectivity index (χ2v) is 9.75. The molecular weight excluding hydrogens is 418 g/mol. The molecule has 1 saturated heterocycles. The molecule has 0 bridgehead atoms. The number of carbonyl (C=O) groups is 1. The molecule has 158 valence electrons. The fourth-order valence-corrected chi connectivity index (χ4v) is 4.59. The first-order valence-electron chi connectivity index (χ1n) is 9.88. The average Bonchev–Trinajstić information content (AvgIpc) is 2.73. The zero-order chi connectivity index (χ0) is 21.8. The number of halogens is 1. The molecule has 1 aromatic carbocycles. The molecule has 3 rings (SSSR count). The molecule has 2 aromatic rings. The van der Waals surface area contributed by atoms with E-state index in [1.165, 1.54) is 4.90 Å². The van der Waals surface area contributed by atoms with Crippen molar-refractivity contribution in [3.05, 3.63) is 46.6 Å². The van der Waals surface area contributed by atoms with Gasteiger partial charge >= 0.3 is 0 Å². The third kappa shape index (κ3) is 5.07. The van der Waals surface area contributed by atoms with Crippen molar-refractivity contribution in [1.29, 1.82) is 5.26 Å². The molecule has 0 radical (unpaired) electrons. The van der Waals surface area contributed by atoms with Crippen molar-refractivity contribution in [2.24, 2.45) is 0 Å². The number of benzene rings is 1. The van der Waals surface area contributed by atoms with Crippen molar-refractivity contribution < 1.29 is 4.79 Å². The van der Waals surface area contributed by atoms with Crippen molar-refractivity contribution in [2.75, 3.05) is 45.2 Å². The maximum absolute atomic E-state index is 12.2. The molecule has 1 amide bonds. The van der Waals surface area contributed by atoms with Crippen molar-refractivity contribution in [3.8, 4) is 17.2 Å². The highest BCUT2D eigenvalue weighted by Crippen LogP contribution is 2.30. The lowest BCUT2D eigenvalue weighted by Gasteiger charge is -2.35. The van der Waals surface area contributed by atoms with Gasteiger partial charge in [0.2, 0.25) is 0 Å². The smallest absolute Gasteiger partial charge is 0.254 e. The van der Waals surface area contributed by atoms with Crippen LogP contribution in [0.5, 0.6) is 0 Å². The Labute approximate surface area is 187 Å². The van der Waals surface area contributed by atoms with Crippen LogP contribution in [0.1, 0.15) is 29.8 Å². The summed E-state index contributed by atoms with van der Waals surface area (Å²) in [5, 5.41) is 10.7. The Hall–Kier alpha value is -2.27. The number of rotatable bonds is 5. The van der Waals surface area contributed by atoms with E-state index in [1.54, 1.807) is 32.4 Å². The van der Waals surface area contributed by atoms with Crippen LogP contribution in [0.4, 0.5) is 5.82 Å². The van der Waals surface area contributed by atoms with Crippen LogP contribution in [0.15, 0.2) is 30.5 Å². The van der Waals surface area contributed by atoms with Crippen molar-refractivity contribution in [2.45, 2.75) is 19.1 Å². The van der Waals surface area contributed by atoms with Crippen molar-refractivity contribution >= 4 is 35.3 Å². The Bertz CT molecular complexity index is 964. The van der Waals surface area contributed by atoms with Crippen LogP contribution in [0.2, 0.25) is 5.02 Å². The van der Waals surface area contributed by atoms with Crippen LogP contribution in [-0.2, 0) is 0 Å². The van der Waals surface area contributed by atoms with Gasteiger partial charge in [0.05, 0.1) is 16.1 Å². The molecule has 1 aliphatic rings. The monoisotopic (exact) mass is 443 g/mol. The summed E-state index contributed by atoms with van der Waals surface area (Å²) in [6, 6.07) is 9.43. The number of nitrogens with zero attached hydrogens (tertiary/aromatic N) is 5. The number of hydrogen-bond acceptors (Lipinski definition) is 6. The first-order valence-corrected chi connectivity index (χ1v) is 11.1. The van der Waals surface area contributed by atoms with E-state index in [9.17, 15) is 10.1 Å². The van der Waals surface area contributed by atoms with E-state index in [4.69, 9.17) is 11.6 Å². The lowest BCUT2D eigenvalue weighted by atomic mass is 10.0. The highest BCUT2D eigenvalue weighted by molar-refractivity contribution is 7.97. The third-order valence-corrected chi connectivity index (χ3v) is 6.22. The minimum Gasteiger partial charge on any atom is -0.353 e. The Morgan fingerprint density at radius 1 is 1.20 bits per heavy atom. The maximum Gasteiger partial charge on any atom is 0.254 e. The lowest BCUT2D eigenvalue weighted by molar-refractivity contribution is 0.0828. The molecule has 1 aliphatic heterocycles. The van der Waals surface area contributed by atoms with Gasteiger partial charge in [0.1, 0.15) is 11.9 Å². The number of nitriles is 1. The normalized spacial score (nSPS) is 14.6. The standard InChI is InChI=1S/C22H26ClN5OS/c1-15(2)30-28-9-7-27(8-10-28)21-17(13-24)11-18(14-25-21)16-5-6-19(20(23)12-16)22(29)26(3)4/h5-6,11-12,14-15H,7-10H2,1-4H3. The van der Waals surface area contributed by atoms with E-state index in [-0.39, 0.29) is 5.91 Å². The Balaban J connectivity index is 1.81. The summed E-state index contributed by atoms with van der Waals surface area (Å²) in [5.74, 6) is 0.577. The summed E-state index contributed by atoms with van der Waals surface area (Å²) < 4.78 is 2.38. The van der Waals surface area contributed by atoms with E-state index >= 15 is 0 Å². The number of carbonyl (C=O) groups excluding carboxylic acids is 1. The molecular formula is C22H26ClN5OS. The predicted octanol–water partition coefficient (Wildman–Crippen LogP) is 4.15. The number of anilines is 1. The quantitative estimate of drug-likeness (QED) is 0.646. The summed E-state index contributed by atoms with van der Waals surface area (Å²) in [7, 11) is 3.38. The van der Waals surface area contributed by atoms with Gasteiger partial charge in [-0.3, -0.25) is 4.79 Å². The Morgan fingerprint density at radius 2 is 1.90 bits per heavy atom. The molecule has 0 saturated carbocycles. The second-order valence-electron chi connectivity index (χ2n) is 7.67. The summed E-state index contributed by atoms with van der Waals surface area (Å²) in [4.78, 5) is 20.5. The number of amides is 1. The molecule has 0 spiro atoms. The SMILES string of the molecule is CC(C)SN1CCN(c2ncc(-c3ccc(C(=O)N(C)C)c(Cl)c3)cc2C#N)CC1. The van der Waals surface area contributed by atoms with Crippen LogP contribution in [0.25, 0.3) is 11.1 Å². The largest absolute Gasteiger partial charge is 0.353 e. The number of piperazine rings is 1. The van der Waals surface area contributed by atoms with Gasteiger partial charge in [0, 0.05) is 57.3 Å². The molecule has 0 atom stereocenters. The number of pyridine rings is 1. The summed E-state index contributed by atoms with van der Waals surface area (Å²) in [6.45, 7) is 7.95. The van der Waals surface area contributed by atoms with Gasteiger partial charge in [-0.05, 0) is 23.8 Å².